The molecule has 0 aromatic carbocycles. The van der Waals surface area contributed by atoms with Crippen LogP contribution in [0.4, 0.5) is 0 Å². The topological polar surface area (TPSA) is 46.5 Å². The van der Waals surface area contributed by atoms with Gasteiger partial charge in [0.15, 0.2) is 0 Å². The van der Waals surface area contributed by atoms with E-state index in [0.717, 1.165) is 0 Å². The summed E-state index contributed by atoms with van der Waals surface area (Å²) in [7, 11) is 0. The van der Waals surface area contributed by atoms with E-state index in [2.05, 4.69) is 11.3 Å². The van der Waals surface area contributed by atoms with E-state index in [4.69, 9.17) is 5.11 Å². The molecule has 0 aliphatic carbocycles. The maximum Gasteiger partial charge on any atom is 0.310 e. The molecule has 64 valence electrons. The monoisotopic (exact) mass is 158 g/mol. The van der Waals surface area contributed by atoms with Gasteiger partial charge < -0.3 is 9.84 Å². The molecule has 1 atom stereocenters. The molecule has 3 heteroatoms. The minimum absolute atomic E-state index is 0.241. The molecule has 0 fully saturated rings. The predicted molar refractivity (Wildman–Crippen MR) is 41.8 cm³/mol. The van der Waals surface area contributed by atoms with Gasteiger partial charge in [0, 0.05) is 6.42 Å². The van der Waals surface area contributed by atoms with Gasteiger partial charge >= 0.3 is 5.97 Å². The van der Waals surface area contributed by atoms with Crippen molar-refractivity contribution in [1.29, 1.82) is 0 Å². The van der Waals surface area contributed by atoms with Gasteiger partial charge in [0.1, 0.15) is 0 Å². The highest BCUT2D eigenvalue weighted by molar-refractivity contribution is 5.70. The molecule has 0 saturated carbocycles. The Kier molecular flexibility index (Phi) is 4.54. The van der Waals surface area contributed by atoms with Crippen LogP contribution in [-0.4, -0.2) is 17.2 Å². The van der Waals surface area contributed by atoms with Crippen LogP contribution in [0.1, 0.15) is 26.7 Å². The Bertz CT molecular complexity index is 149. The first-order valence-corrected chi connectivity index (χ1v) is 3.56. The van der Waals surface area contributed by atoms with Crippen molar-refractivity contribution >= 4 is 5.97 Å². The SMILES string of the molecule is C=C(C)OC(=O)CCC(C)O. The molecule has 0 heterocycles. The van der Waals surface area contributed by atoms with Crippen LogP contribution in [0.5, 0.6) is 0 Å². The zero-order valence-corrected chi connectivity index (χ0v) is 6.96. The molecule has 0 aromatic heterocycles. The van der Waals surface area contributed by atoms with E-state index in [1.54, 1.807) is 13.8 Å². The van der Waals surface area contributed by atoms with Crippen molar-refractivity contribution in [2.45, 2.75) is 32.8 Å². The van der Waals surface area contributed by atoms with Gasteiger partial charge in [0.2, 0.25) is 0 Å². The van der Waals surface area contributed by atoms with E-state index in [0.29, 0.717) is 12.2 Å². The molecular formula is C8H14O3. The number of rotatable bonds is 4. The van der Waals surface area contributed by atoms with Gasteiger partial charge in [-0.1, -0.05) is 6.58 Å². The third-order valence-electron chi connectivity index (χ3n) is 1.05. The average Bonchev–Trinajstić information content (AvgIpc) is 1.82. The van der Waals surface area contributed by atoms with E-state index in [9.17, 15) is 4.79 Å². The molecule has 0 aliphatic rings. The Labute approximate surface area is 66.7 Å². The molecule has 11 heavy (non-hydrogen) atoms. The quantitative estimate of drug-likeness (QED) is 0.494. The highest BCUT2D eigenvalue weighted by Gasteiger charge is 2.04. The smallest absolute Gasteiger partial charge is 0.310 e. The first-order valence-electron chi connectivity index (χ1n) is 3.56. The fourth-order valence-corrected chi connectivity index (χ4v) is 0.572. The van der Waals surface area contributed by atoms with E-state index >= 15 is 0 Å². The molecule has 1 unspecified atom stereocenters. The van der Waals surface area contributed by atoms with Gasteiger partial charge in [0.05, 0.1) is 11.9 Å². The van der Waals surface area contributed by atoms with E-state index < -0.39 is 6.10 Å². The predicted octanol–water partition coefficient (Wildman–Crippen LogP) is 1.22. The summed E-state index contributed by atoms with van der Waals surface area (Å²) in [4.78, 5) is 10.8. The lowest BCUT2D eigenvalue weighted by Crippen LogP contribution is -2.07. The van der Waals surface area contributed by atoms with Gasteiger partial charge in [-0.15, -0.1) is 0 Å². The van der Waals surface area contributed by atoms with Crippen molar-refractivity contribution in [1.82, 2.24) is 0 Å². The van der Waals surface area contributed by atoms with Crippen LogP contribution in [-0.2, 0) is 9.53 Å². The largest absolute Gasteiger partial charge is 0.432 e. The molecule has 0 rings (SSSR count). The highest BCUT2D eigenvalue weighted by atomic mass is 16.5. The number of carbonyl (C=O) groups excluding carboxylic acids is 1. The van der Waals surface area contributed by atoms with Gasteiger partial charge in [-0.3, -0.25) is 4.79 Å². The number of esters is 1. The summed E-state index contributed by atoms with van der Waals surface area (Å²) < 4.78 is 4.66. The third-order valence-corrected chi connectivity index (χ3v) is 1.05. The summed E-state index contributed by atoms with van der Waals surface area (Å²) >= 11 is 0. The maximum absolute atomic E-state index is 10.8. The molecule has 0 saturated heterocycles. The highest BCUT2D eigenvalue weighted by Crippen LogP contribution is 2.00. The Balaban J connectivity index is 3.46. The van der Waals surface area contributed by atoms with Crippen molar-refractivity contribution in [3.63, 3.8) is 0 Å². The van der Waals surface area contributed by atoms with Crippen LogP contribution in [0.3, 0.4) is 0 Å². The van der Waals surface area contributed by atoms with Crippen LogP contribution in [0.15, 0.2) is 12.3 Å². The Morgan fingerprint density at radius 1 is 1.73 bits per heavy atom. The normalized spacial score (nSPS) is 12.3. The first-order chi connectivity index (χ1) is 5.02. The second-order valence-corrected chi connectivity index (χ2v) is 2.56. The van der Waals surface area contributed by atoms with Gasteiger partial charge in [-0.05, 0) is 20.3 Å². The number of hydrogen-bond acceptors (Lipinski definition) is 3. The first kappa shape index (κ1) is 10.2. The lowest BCUT2D eigenvalue weighted by atomic mass is 10.2. The fraction of sp³-hybridized carbons (Fsp3) is 0.625. The summed E-state index contributed by atoms with van der Waals surface area (Å²) in [6, 6.07) is 0. The van der Waals surface area contributed by atoms with Gasteiger partial charge in [0.25, 0.3) is 0 Å². The van der Waals surface area contributed by atoms with Crippen LogP contribution in [0, 0.1) is 0 Å². The lowest BCUT2D eigenvalue weighted by Gasteiger charge is -2.03. The minimum Gasteiger partial charge on any atom is -0.432 e. The van der Waals surface area contributed by atoms with E-state index in [1.165, 1.54) is 0 Å². The van der Waals surface area contributed by atoms with Gasteiger partial charge in [-0.2, -0.15) is 0 Å². The van der Waals surface area contributed by atoms with Crippen molar-refractivity contribution in [2.75, 3.05) is 0 Å². The van der Waals surface area contributed by atoms with E-state index in [1.807, 2.05) is 0 Å². The lowest BCUT2D eigenvalue weighted by molar-refractivity contribution is -0.139. The van der Waals surface area contributed by atoms with Crippen LogP contribution in [0.25, 0.3) is 0 Å². The van der Waals surface area contributed by atoms with Crippen molar-refractivity contribution in [2.24, 2.45) is 0 Å². The third kappa shape index (κ3) is 7.06. The summed E-state index contributed by atoms with van der Waals surface area (Å²) in [5.41, 5.74) is 0. The fourth-order valence-electron chi connectivity index (χ4n) is 0.572. The number of carbonyl (C=O) groups is 1. The second kappa shape index (κ2) is 4.91. The van der Waals surface area contributed by atoms with E-state index in [-0.39, 0.29) is 12.4 Å². The molecule has 0 radical (unpaired) electrons. The summed E-state index contributed by atoms with van der Waals surface area (Å²) in [5, 5.41) is 8.81. The molecule has 0 spiro atoms. The molecule has 0 aliphatic heterocycles. The number of allylic oxidation sites excluding steroid dienone is 1. The molecule has 0 amide bonds. The Morgan fingerprint density at radius 2 is 2.27 bits per heavy atom. The number of hydrogen-bond donors (Lipinski definition) is 1. The molecule has 1 N–H and O–H groups in total. The van der Waals surface area contributed by atoms with Crippen LogP contribution >= 0.6 is 0 Å². The van der Waals surface area contributed by atoms with Crippen molar-refractivity contribution in [3.8, 4) is 0 Å². The van der Waals surface area contributed by atoms with Crippen LogP contribution in [0.2, 0.25) is 0 Å². The average molecular weight is 158 g/mol. The molecule has 3 nitrogen and oxygen atoms in total. The minimum atomic E-state index is -0.451. The molecule has 0 aromatic rings. The maximum atomic E-state index is 10.8. The standard InChI is InChI=1S/C8H14O3/c1-6(2)11-8(10)5-4-7(3)9/h7,9H,1,4-5H2,2-3H3. The number of aliphatic hydroxyl groups excluding tert-OH is 1. The summed E-state index contributed by atoms with van der Waals surface area (Å²) in [5.74, 6) is 0.0546. The molecule has 0 bridgehead atoms. The van der Waals surface area contributed by atoms with Crippen LogP contribution < -0.4 is 0 Å². The Morgan fingerprint density at radius 3 is 2.64 bits per heavy atom. The zero-order valence-electron chi connectivity index (χ0n) is 6.96. The van der Waals surface area contributed by atoms with Crippen molar-refractivity contribution in [3.05, 3.63) is 12.3 Å². The Hall–Kier alpha value is -0.830. The second-order valence-electron chi connectivity index (χ2n) is 2.56. The molecular weight excluding hydrogens is 144 g/mol. The van der Waals surface area contributed by atoms with Crippen molar-refractivity contribution < 1.29 is 14.6 Å². The zero-order chi connectivity index (χ0) is 8.85. The summed E-state index contributed by atoms with van der Waals surface area (Å²) in [6.45, 7) is 6.66. The van der Waals surface area contributed by atoms with Gasteiger partial charge in [-0.25, -0.2) is 0 Å². The number of ether oxygens (including phenoxy) is 1. The number of aliphatic hydroxyl groups is 1. The summed E-state index contributed by atoms with van der Waals surface area (Å²) in [6.07, 6.45) is 0.226.